The Labute approximate surface area is 202 Å². The van der Waals surface area contributed by atoms with Gasteiger partial charge in [0.05, 0.1) is 17.8 Å². The maximum Gasteiger partial charge on any atom is 0.174 e. The molecule has 1 fully saturated rings. The summed E-state index contributed by atoms with van der Waals surface area (Å²) in [4.78, 5) is 6.89. The topological polar surface area (TPSA) is 33.1 Å². The van der Waals surface area contributed by atoms with Gasteiger partial charge in [0, 0.05) is 33.4 Å². The minimum absolute atomic E-state index is 0.0214. The first-order chi connectivity index (χ1) is 15.5. The van der Waals surface area contributed by atoms with Gasteiger partial charge in [-0.3, -0.25) is 4.98 Å². The van der Waals surface area contributed by atoms with Crippen LogP contribution in [0.4, 0.5) is 5.69 Å². The molecule has 160 valence electrons. The maximum absolute atomic E-state index is 5.84. The van der Waals surface area contributed by atoms with E-state index < -0.39 is 0 Å². The lowest BCUT2D eigenvalue weighted by Gasteiger charge is -2.28. The van der Waals surface area contributed by atoms with E-state index in [-0.39, 0.29) is 12.1 Å². The summed E-state index contributed by atoms with van der Waals surface area (Å²) in [6.45, 7) is 4.34. The minimum Gasteiger partial charge on any atom is -0.351 e. The van der Waals surface area contributed by atoms with E-state index in [4.69, 9.17) is 12.2 Å². The quantitative estimate of drug-likeness (QED) is 0.326. The van der Waals surface area contributed by atoms with Crippen LogP contribution in [0.25, 0.3) is 5.69 Å². The molecule has 2 atom stereocenters. The lowest BCUT2D eigenvalue weighted by atomic mass is 9.96. The third kappa shape index (κ3) is 3.63. The Hall–Kier alpha value is -2.96. The van der Waals surface area contributed by atoms with Crippen molar-refractivity contribution in [1.82, 2.24) is 14.9 Å². The van der Waals surface area contributed by atoms with E-state index in [9.17, 15) is 0 Å². The van der Waals surface area contributed by atoms with Gasteiger partial charge in [-0.1, -0.05) is 46.3 Å². The van der Waals surface area contributed by atoms with Gasteiger partial charge in [-0.25, -0.2) is 0 Å². The van der Waals surface area contributed by atoms with Gasteiger partial charge in [-0.15, -0.1) is 0 Å². The standard InChI is InChI=1S/C26H23BrN4S/c1-17-15-22(18(2)30(17)21-12-8-9-19(27)16-21)25-24(23-13-6-7-14-28-23)29-26(32)31(25)20-10-4-3-5-11-20/h3-16,24-25H,1-2H3,(H,29,32)/t24-,25+/m0/s1. The van der Waals surface area contributed by atoms with Crippen molar-refractivity contribution in [3.63, 3.8) is 0 Å². The molecule has 1 aliphatic heterocycles. The van der Waals surface area contributed by atoms with Crippen LogP contribution in [-0.4, -0.2) is 14.7 Å². The summed E-state index contributed by atoms with van der Waals surface area (Å²) in [5, 5.41) is 4.26. The van der Waals surface area contributed by atoms with Crippen LogP contribution in [-0.2, 0) is 0 Å². The summed E-state index contributed by atoms with van der Waals surface area (Å²) >= 11 is 9.46. The lowest BCUT2D eigenvalue weighted by molar-refractivity contribution is 0.565. The average molecular weight is 503 g/mol. The Kier molecular flexibility index (Phi) is 5.57. The van der Waals surface area contributed by atoms with Gasteiger partial charge in [0.15, 0.2) is 5.11 Å². The molecule has 2 aromatic carbocycles. The molecule has 0 aliphatic carbocycles. The second-order valence-corrected chi connectivity index (χ2v) is 9.28. The summed E-state index contributed by atoms with van der Waals surface area (Å²) in [5.41, 5.74) is 6.79. The molecule has 1 aliphatic rings. The van der Waals surface area contributed by atoms with Gasteiger partial charge >= 0.3 is 0 Å². The van der Waals surface area contributed by atoms with Crippen molar-refractivity contribution in [3.8, 4) is 5.69 Å². The molecule has 2 aromatic heterocycles. The number of hydrogen-bond donors (Lipinski definition) is 1. The van der Waals surface area contributed by atoms with Crippen molar-refractivity contribution in [2.24, 2.45) is 0 Å². The number of hydrogen-bond acceptors (Lipinski definition) is 2. The second-order valence-electron chi connectivity index (χ2n) is 7.97. The number of thiocarbonyl (C=S) groups is 1. The molecule has 5 rings (SSSR count). The smallest absolute Gasteiger partial charge is 0.174 e. The molecular formula is C26H23BrN4S. The Bertz CT molecular complexity index is 1270. The third-order valence-electron chi connectivity index (χ3n) is 5.99. The number of aromatic nitrogens is 2. The van der Waals surface area contributed by atoms with Crippen molar-refractivity contribution in [2.75, 3.05) is 4.90 Å². The highest BCUT2D eigenvalue weighted by molar-refractivity contribution is 9.10. The highest BCUT2D eigenvalue weighted by Gasteiger charge is 2.42. The van der Waals surface area contributed by atoms with Crippen LogP contribution in [0.3, 0.4) is 0 Å². The number of nitrogens with zero attached hydrogens (tertiary/aromatic N) is 3. The Balaban J connectivity index is 1.68. The number of nitrogens with one attached hydrogen (secondary N) is 1. The normalized spacial score (nSPS) is 18.1. The summed E-state index contributed by atoms with van der Waals surface area (Å²) in [6, 6.07) is 27.0. The van der Waals surface area contributed by atoms with Crippen LogP contribution in [0.5, 0.6) is 0 Å². The molecule has 1 saturated heterocycles. The lowest BCUT2D eigenvalue weighted by Crippen LogP contribution is -2.29. The molecular weight excluding hydrogens is 480 g/mol. The fraction of sp³-hybridized carbons (Fsp3) is 0.154. The maximum atomic E-state index is 5.84. The second kappa shape index (κ2) is 8.52. The van der Waals surface area contributed by atoms with E-state index in [1.54, 1.807) is 0 Å². The molecule has 4 nitrogen and oxygen atoms in total. The van der Waals surface area contributed by atoms with E-state index in [0.717, 1.165) is 21.5 Å². The number of halogens is 1. The molecule has 4 aromatic rings. The van der Waals surface area contributed by atoms with Gasteiger partial charge in [0.25, 0.3) is 0 Å². The molecule has 0 bridgehead atoms. The van der Waals surface area contributed by atoms with Gasteiger partial charge < -0.3 is 14.8 Å². The monoisotopic (exact) mass is 502 g/mol. The summed E-state index contributed by atoms with van der Waals surface area (Å²) < 4.78 is 3.37. The van der Waals surface area contributed by atoms with Crippen molar-refractivity contribution < 1.29 is 0 Å². The van der Waals surface area contributed by atoms with Crippen LogP contribution in [0.2, 0.25) is 0 Å². The number of benzene rings is 2. The number of anilines is 1. The molecule has 6 heteroatoms. The zero-order chi connectivity index (χ0) is 22.2. The van der Waals surface area contributed by atoms with Gasteiger partial charge in [-0.2, -0.15) is 0 Å². The first kappa shape index (κ1) is 20.9. The Morgan fingerprint density at radius 2 is 1.66 bits per heavy atom. The number of rotatable bonds is 4. The van der Waals surface area contributed by atoms with Crippen molar-refractivity contribution in [1.29, 1.82) is 0 Å². The first-order valence-electron chi connectivity index (χ1n) is 10.5. The van der Waals surface area contributed by atoms with Crippen LogP contribution in [0.1, 0.15) is 34.7 Å². The molecule has 0 spiro atoms. The average Bonchev–Trinajstić information content (AvgIpc) is 3.30. The van der Waals surface area contributed by atoms with Gasteiger partial charge in [0.2, 0.25) is 0 Å². The number of aryl methyl sites for hydroxylation is 1. The summed E-state index contributed by atoms with van der Waals surface area (Å²) in [7, 11) is 0. The summed E-state index contributed by atoms with van der Waals surface area (Å²) in [5.74, 6) is 0. The molecule has 3 heterocycles. The van der Waals surface area contributed by atoms with Crippen molar-refractivity contribution in [3.05, 3.63) is 112 Å². The summed E-state index contributed by atoms with van der Waals surface area (Å²) in [6.07, 6.45) is 1.84. The largest absolute Gasteiger partial charge is 0.351 e. The predicted molar refractivity (Wildman–Crippen MR) is 137 cm³/mol. The molecule has 1 N–H and O–H groups in total. The third-order valence-corrected chi connectivity index (χ3v) is 6.80. The number of pyridine rings is 1. The van der Waals surface area contributed by atoms with Gasteiger partial charge in [0.1, 0.15) is 0 Å². The number of para-hydroxylation sites is 1. The predicted octanol–water partition coefficient (Wildman–Crippen LogP) is 6.43. The van der Waals surface area contributed by atoms with Gasteiger partial charge in [-0.05, 0) is 80.2 Å². The molecule has 0 radical (unpaired) electrons. The fourth-order valence-corrected chi connectivity index (χ4v) is 5.37. The highest BCUT2D eigenvalue weighted by atomic mass is 79.9. The van der Waals surface area contributed by atoms with E-state index in [0.29, 0.717) is 5.11 Å². The van der Waals surface area contributed by atoms with Crippen LogP contribution >= 0.6 is 28.1 Å². The molecule has 32 heavy (non-hydrogen) atoms. The molecule has 0 saturated carbocycles. The Morgan fingerprint density at radius 3 is 2.38 bits per heavy atom. The minimum atomic E-state index is -0.0552. The van der Waals surface area contributed by atoms with E-state index in [1.165, 1.54) is 17.0 Å². The zero-order valence-electron chi connectivity index (χ0n) is 17.9. The Morgan fingerprint density at radius 1 is 0.906 bits per heavy atom. The van der Waals surface area contributed by atoms with Crippen LogP contribution in [0.15, 0.2) is 89.5 Å². The fourth-order valence-electron chi connectivity index (χ4n) is 4.64. The van der Waals surface area contributed by atoms with Crippen molar-refractivity contribution >= 4 is 38.9 Å². The molecule has 0 unspecified atom stereocenters. The van der Waals surface area contributed by atoms with Crippen molar-refractivity contribution in [2.45, 2.75) is 25.9 Å². The first-order valence-corrected chi connectivity index (χ1v) is 11.7. The highest BCUT2D eigenvalue weighted by Crippen LogP contribution is 2.43. The molecule has 0 amide bonds. The van der Waals surface area contributed by atoms with Crippen LogP contribution in [0, 0.1) is 13.8 Å². The zero-order valence-corrected chi connectivity index (χ0v) is 20.3. The van der Waals surface area contributed by atoms with E-state index in [1.807, 2.05) is 42.6 Å². The van der Waals surface area contributed by atoms with Crippen LogP contribution < -0.4 is 10.2 Å². The van der Waals surface area contributed by atoms with E-state index in [2.05, 4.69) is 92.0 Å². The SMILES string of the molecule is Cc1cc([C@@H]2[C@H](c3ccccn3)NC(=S)N2c2ccccc2)c(C)n1-c1cccc(Br)c1. The van der Waals surface area contributed by atoms with E-state index >= 15 is 0 Å².